The van der Waals surface area contributed by atoms with Crippen LogP contribution in [0, 0.1) is 5.92 Å². The zero-order valence-electron chi connectivity index (χ0n) is 9.74. The summed E-state index contributed by atoms with van der Waals surface area (Å²) >= 11 is 1.76. The molecule has 0 aromatic carbocycles. The molecule has 1 aliphatic rings. The lowest BCUT2D eigenvalue weighted by Crippen LogP contribution is -2.31. The molecule has 2 atom stereocenters. The lowest BCUT2D eigenvalue weighted by atomic mass is 9.96. The average Bonchev–Trinajstić information content (AvgIpc) is 2.86. The Labute approximate surface area is 101 Å². The van der Waals surface area contributed by atoms with Gasteiger partial charge in [0, 0.05) is 28.1 Å². The van der Waals surface area contributed by atoms with Crippen LogP contribution < -0.4 is 5.73 Å². The number of aryl methyl sites for hydroxylation is 1. The third-order valence-electron chi connectivity index (χ3n) is 3.40. The topological polar surface area (TPSA) is 43.1 Å². The van der Waals surface area contributed by atoms with Gasteiger partial charge in [0.15, 0.2) is 0 Å². The van der Waals surface area contributed by atoms with E-state index in [1.54, 1.807) is 11.3 Å². The van der Waals surface area contributed by atoms with Crippen molar-refractivity contribution >= 4 is 17.1 Å². The van der Waals surface area contributed by atoms with E-state index in [9.17, 15) is 4.79 Å². The Bertz CT molecular complexity index is 372. The number of hydrogen-bond donors (Lipinski definition) is 1. The Hall–Kier alpha value is -0.670. The average molecular weight is 237 g/mol. The van der Waals surface area contributed by atoms with Crippen LogP contribution in [-0.4, -0.2) is 11.8 Å². The normalized spacial score (nSPS) is 24.9. The van der Waals surface area contributed by atoms with Crippen molar-refractivity contribution in [1.29, 1.82) is 0 Å². The van der Waals surface area contributed by atoms with Crippen LogP contribution in [0.4, 0.5) is 0 Å². The molecule has 1 heterocycles. The fraction of sp³-hybridized carbons (Fsp3) is 0.615. The Balaban J connectivity index is 1.96. The maximum atomic E-state index is 12.0. The van der Waals surface area contributed by atoms with Gasteiger partial charge in [-0.25, -0.2) is 0 Å². The molecule has 1 saturated carbocycles. The molecule has 0 saturated heterocycles. The van der Waals surface area contributed by atoms with Crippen LogP contribution in [0.5, 0.6) is 0 Å². The number of hydrogen-bond acceptors (Lipinski definition) is 3. The van der Waals surface area contributed by atoms with Crippen molar-refractivity contribution in [1.82, 2.24) is 0 Å². The Kier molecular flexibility index (Phi) is 3.77. The van der Waals surface area contributed by atoms with E-state index in [-0.39, 0.29) is 12.0 Å². The van der Waals surface area contributed by atoms with Crippen LogP contribution in [0.2, 0.25) is 0 Å². The largest absolute Gasteiger partial charge is 0.327 e. The SMILES string of the molecule is CCc1ccc(CC(=O)C2CCCC2N)s1. The number of ketones is 1. The second-order valence-corrected chi connectivity index (χ2v) is 5.82. The van der Waals surface area contributed by atoms with Crippen molar-refractivity contribution in [2.75, 3.05) is 0 Å². The molecule has 16 heavy (non-hydrogen) atoms. The summed E-state index contributed by atoms with van der Waals surface area (Å²) in [5.74, 6) is 0.460. The quantitative estimate of drug-likeness (QED) is 0.874. The standard InChI is InChI=1S/C13H19NOS/c1-2-9-6-7-10(16-9)8-13(15)11-4-3-5-12(11)14/h6-7,11-12H,2-5,8,14H2,1H3. The Morgan fingerprint density at radius 1 is 1.44 bits per heavy atom. The molecule has 0 radical (unpaired) electrons. The van der Waals surface area contributed by atoms with Crippen molar-refractivity contribution in [3.63, 3.8) is 0 Å². The maximum absolute atomic E-state index is 12.0. The summed E-state index contributed by atoms with van der Waals surface area (Å²) in [5, 5.41) is 0. The molecule has 1 aromatic rings. The van der Waals surface area contributed by atoms with Crippen molar-refractivity contribution in [2.45, 2.75) is 45.1 Å². The van der Waals surface area contributed by atoms with Crippen LogP contribution in [0.3, 0.4) is 0 Å². The van der Waals surface area contributed by atoms with Gasteiger partial charge in [-0.15, -0.1) is 11.3 Å². The predicted molar refractivity (Wildman–Crippen MR) is 67.7 cm³/mol. The molecular weight excluding hydrogens is 218 g/mol. The smallest absolute Gasteiger partial charge is 0.142 e. The van der Waals surface area contributed by atoms with Gasteiger partial charge in [-0.1, -0.05) is 13.3 Å². The summed E-state index contributed by atoms with van der Waals surface area (Å²) in [4.78, 5) is 14.6. The summed E-state index contributed by atoms with van der Waals surface area (Å²) in [7, 11) is 0. The van der Waals surface area contributed by atoms with Crippen molar-refractivity contribution in [3.8, 4) is 0 Å². The number of thiophene rings is 1. The number of Topliss-reactive ketones (excluding diaryl/α,β-unsaturated/α-hetero) is 1. The van der Waals surface area contributed by atoms with Crippen molar-refractivity contribution in [2.24, 2.45) is 11.7 Å². The van der Waals surface area contributed by atoms with Crippen molar-refractivity contribution in [3.05, 3.63) is 21.9 Å². The highest BCUT2D eigenvalue weighted by Gasteiger charge is 2.29. The van der Waals surface area contributed by atoms with E-state index in [0.717, 1.165) is 25.7 Å². The van der Waals surface area contributed by atoms with Gasteiger partial charge in [-0.3, -0.25) is 4.79 Å². The number of nitrogens with two attached hydrogens (primary N) is 1. The zero-order chi connectivity index (χ0) is 11.5. The lowest BCUT2D eigenvalue weighted by molar-refractivity contribution is -0.122. The highest BCUT2D eigenvalue weighted by Crippen LogP contribution is 2.27. The third kappa shape index (κ3) is 2.53. The summed E-state index contributed by atoms with van der Waals surface area (Å²) in [6, 6.07) is 4.32. The van der Waals surface area contributed by atoms with Gasteiger partial charge in [-0.2, -0.15) is 0 Å². The van der Waals surface area contributed by atoms with Crippen LogP contribution in [0.1, 0.15) is 35.9 Å². The fourth-order valence-corrected chi connectivity index (χ4v) is 3.37. The maximum Gasteiger partial charge on any atom is 0.142 e. The van der Waals surface area contributed by atoms with Gasteiger partial charge >= 0.3 is 0 Å². The molecular formula is C13H19NOS. The van der Waals surface area contributed by atoms with E-state index < -0.39 is 0 Å². The third-order valence-corrected chi connectivity index (χ3v) is 4.63. The van der Waals surface area contributed by atoms with E-state index in [2.05, 4.69) is 19.1 Å². The Morgan fingerprint density at radius 3 is 2.75 bits per heavy atom. The minimum atomic E-state index is 0.109. The van der Waals surface area contributed by atoms with Gasteiger partial charge in [0.1, 0.15) is 5.78 Å². The molecule has 88 valence electrons. The summed E-state index contributed by atoms with van der Waals surface area (Å²) in [5.41, 5.74) is 5.95. The van der Waals surface area contributed by atoms with E-state index in [1.165, 1.54) is 9.75 Å². The van der Waals surface area contributed by atoms with E-state index in [0.29, 0.717) is 12.2 Å². The molecule has 2 N–H and O–H groups in total. The molecule has 3 heteroatoms. The first-order valence-electron chi connectivity index (χ1n) is 6.06. The second-order valence-electron chi connectivity index (χ2n) is 4.57. The predicted octanol–water partition coefficient (Wildman–Crippen LogP) is 2.55. The van der Waals surface area contributed by atoms with E-state index in [4.69, 9.17) is 5.73 Å². The summed E-state index contributed by atoms with van der Waals surface area (Å²) < 4.78 is 0. The zero-order valence-corrected chi connectivity index (χ0v) is 10.6. The number of carbonyl (C=O) groups excluding carboxylic acids is 1. The minimum absolute atomic E-state index is 0.109. The van der Waals surface area contributed by atoms with Gasteiger partial charge in [0.2, 0.25) is 0 Å². The lowest BCUT2D eigenvalue weighted by Gasteiger charge is -2.12. The molecule has 1 aromatic heterocycles. The number of carbonyl (C=O) groups is 1. The molecule has 2 nitrogen and oxygen atoms in total. The molecule has 1 fully saturated rings. The van der Waals surface area contributed by atoms with Crippen molar-refractivity contribution < 1.29 is 4.79 Å². The molecule has 0 aliphatic heterocycles. The van der Waals surface area contributed by atoms with Gasteiger partial charge in [0.25, 0.3) is 0 Å². The van der Waals surface area contributed by atoms with Crippen LogP contribution in [0.15, 0.2) is 12.1 Å². The first-order valence-corrected chi connectivity index (χ1v) is 6.88. The molecule has 2 unspecified atom stereocenters. The number of rotatable bonds is 4. The highest BCUT2D eigenvalue weighted by molar-refractivity contribution is 7.12. The highest BCUT2D eigenvalue weighted by atomic mass is 32.1. The molecule has 0 spiro atoms. The first kappa shape index (κ1) is 11.8. The Morgan fingerprint density at radius 2 is 2.19 bits per heavy atom. The van der Waals surface area contributed by atoms with Crippen LogP contribution in [0.25, 0.3) is 0 Å². The summed E-state index contributed by atoms with van der Waals surface area (Å²) in [6.45, 7) is 2.14. The molecule has 1 aliphatic carbocycles. The van der Waals surface area contributed by atoms with Gasteiger partial charge in [0.05, 0.1) is 0 Å². The monoisotopic (exact) mass is 237 g/mol. The molecule has 0 amide bonds. The van der Waals surface area contributed by atoms with E-state index in [1.807, 2.05) is 0 Å². The fourth-order valence-electron chi connectivity index (χ4n) is 2.40. The molecule has 2 rings (SSSR count). The molecule has 0 bridgehead atoms. The minimum Gasteiger partial charge on any atom is -0.327 e. The second kappa shape index (κ2) is 5.11. The van der Waals surface area contributed by atoms with E-state index >= 15 is 0 Å². The first-order chi connectivity index (χ1) is 7.70. The summed E-state index contributed by atoms with van der Waals surface area (Å²) in [6.07, 6.45) is 4.76. The van der Waals surface area contributed by atoms with Crippen LogP contribution >= 0.6 is 11.3 Å². The van der Waals surface area contributed by atoms with Gasteiger partial charge < -0.3 is 5.73 Å². The van der Waals surface area contributed by atoms with Crippen LogP contribution in [-0.2, 0) is 17.6 Å². The van der Waals surface area contributed by atoms with Gasteiger partial charge in [-0.05, 0) is 31.4 Å².